The second-order valence-corrected chi connectivity index (χ2v) is 6.80. The van der Waals surface area contributed by atoms with E-state index in [1.54, 1.807) is 36.4 Å². The van der Waals surface area contributed by atoms with E-state index in [-0.39, 0.29) is 37.6 Å². The van der Waals surface area contributed by atoms with Crippen LogP contribution in [-0.4, -0.2) is 45.6 Å². The van der Waals surface area contributed by atoms with Crippen LogP contribution in [0.5, 0.6) is 23.0 Å². The van der Waals surface area contributed by atoms with E-state index in [0.29, 0.717) is 45.9 Å². The van der Waals surface area contributed by atoms with E-state index in [9.17, 15) is 19.8 Å². The fourth-order valence-corrected chi connectivity index (χ4v) is 3.15. The predicted octanol–water partition coefficient (Wildman–Crippen LogP) is 3.89. The molecule has 8 nitrogen and oxygen atoms in total. The van der Waals surface area contributed by atoms with Gasteiger partial charge in [0.05, 0.1) is 13.2 Å². The lowest BCUT2D eigenvalue weighted by molar-refractivity contribution is -0.138. The zero-order chi connectivity index (χ0) is 21.7. The minimum absolute atomic E-state index is 0.00493. The van der Waals surface area contributed by atoms with Crippen LogP contribution in [0.15, 0.2) is 36.4 Å². The Kier molecular flexibility index (Phi) is 6.46. The molecule has 0 spiro atoms. The molecule has 0 aliphatic heterocycles. The average Bonchev–Trinajstić information content (AvgIpc) is 2.72. The van der Waals surface area contributed by atoms with E-state index in [1.807, 2.05) is 0 Å². The zero-order valence-corrected chi connectivity index (χ0v) is 16.1. The number of hydrogen-bond acceptors (Lipinski definition) is 6. The molecule has 30 heavy (non-hydrogen) atoms. The molecular weight excluding hydrogens is 392 g/mol. The molecule has 0 atom stereocenters. The summed E-state index contributed by atoms with van der Waals surface area (Å²) in [4.78, 5) is 21.1. The highest BCUT2D eigenvalue weighted by Gasteiger charge is 2.15. The van der Waals surface area contributed by atoms with Crippen LogP contribution in [0.2, 0.25) is 0 Å². The normalized spacial score (nSPS) is 10.9. The van der Waals surface area contributed by atoms with Gasteiger partial charge in [-0.05, 0) is 49.2 Å². The van der Waals surface area contributed by atoms with Gasteiger partial charge in [0.25, 0.3) is 0 Å². The number of carboxylic acids is 2. The van der Waals surface area contributed by atoms with Gasteiger partial charge in [-0.2, -0.15) is 0 Å². The first kappa shape index (κ1) is 21.0. The van der Waals surface area contributed by atoms with Crippen molar-refractivity contribution in [3.8, 4) is 23.0 Å². The summed E-state index contributed by atoms with van der Waals surface area (Å²) in [5.74, 6) is -0.911. The molecule has 3 rings (SSSR count). The van der Waals surface area contributed by atoms with E-state index in [1.165, 1.54) is 0 Å². The second-order valence-electron chi connectivity index (χ2n) is 6.80. The Morgan fingerprint density at radius 3 is 1.43 bits per heavy atom. The van der Waals surface area contributed by atoms with Gasteiger partial charge in [0, 0.05) is 34.4 Å². The largest absolute Gasteiger partial charge is 0.507 e. The third-order valence-electron chi connectivity index (χ3n) is 4.61. The number of aromatic hydroxyl groups is 2. The Balaban J connectivity index is 1.85. The first-order chi connectivity index (χ1) is 14.4. The van der Waals surface area contributed by atoms with Gasteiger partial charge in [0.15, 0.2) is 0 Å². The molecule has 8 heteroatoms. The van der Waals surface area contributed by atoms with E-state index < -0.39 is 11.9 Å². The van der Waals surface area contributed by atoms with Gasteiger partial charge in [0.1, 0.15) is 23.0 Å². The second kappa shape index (κ2) is 9.21. The lowest BCUT2D eigenvalue weighted by atomic mass is 10.00. The minimum atomic E-state index is -0.892. The molecule has 0 aromatic heterocycles. The van der Waals surface area contributed by atoms with Crippen LogP contribution in [-0.2, 0) is 9.59 Å². The van der Waals surface area contributed by atoms with Crippen LogP contribution in [0.25, 0.3) is 21.5 Å². The van der Waals surface area contributed by atoms with Crippen LogP contribution in [0.3, 0.4) is 0 Å². The topological polar surface area (TPSA) is 134 Å². The van der Waals surface area contributed by atoms with Crippen molar-refractivity contribution in [1.29, 1.82) is 0 Å². The molecule has 0 saturated heterocycles. The van der Waals surface area contributed by atoms with E-state index in [4.69, 9.17) is 19.7 Å². The zero-order valence-electron chi connectivity index (χ0n) is 16.1. The molecule has 0 saturated carbocycles. The molecule has 0 aliphatic rings. The standard InChI is InChI=1S/C22H22O8/c23-19(24)3-1-9-29-13-5-7-15-17(11-13)21(27)16-8-6-14(12-18(16)22(15)28)30-10-2-4-20(25)26/h5-8,11-12,27-28H,1-4,9-10H2,(H,23,24)(H,25,26). The summed E-state index contributed by atoms with van der Waals surface area (Å²) in [7, 11) is 0. The third kappa shape index (κ3) is 4.83. The number of benzene rings is 3. The summed E-state index contributed by atoms with van der Waals surface area (Å²) in [6.07, 6.45) is 0.727. The molecule has 0 heterocycles. The molecule has 3 aromatic rings. The van der Waals surface area contributed by atoms with Gasteiger partial charge in [-0.25, -0.2) is 0 Å². The van der Waals surface area contributed by atoms with Gasteiger partial charge in [-0.3, -0.25) is 9.59 Å². The molecule has 0 amide bonds. The minimum Gasteiger partial charge on any atom is -0.507 e. The first-order valence-electron chi connectivity index (χ1n) is 9.47. The van der Waals surface area contributed by atoms with Gasteiger partial charge in [0.2, 0.25) is 0 Å². The molecule has 0 fully saturated rings. The number of fused-ring (bicyclic) bond motifs is 2. The van der Waals surface area contributed by atoms with Crippen molar-refractivity contribution in [1.82, 2.24) is 0 Å². The number of carboxylic acid groups (broad SMARTS) is 2. The SMILES string of the molecule is O=C(O)CCCOc1ccc2c(O)c3cc(OCCCC(=O)O)ccc3c(O)c2c1. The Bertz CT molecular complexity index is 1000. The van der Waals surface area contributed by atoms with E-state index >= 15 is 0 Å². The van der Waals surface area contributed by atoms with Crippen molar-refractivity contribution < 1.29 is 39.5 Å². The fourth-order valence-electron chi connectivity index (χ4n) is 3.15. The van der Waals surface area contributed by atoms with Crippen molar-refractivity contribution in [2.45, 2.75) is 25.7 Å². The molecule has 0 aliphatic carbocycles. The summed E-state index contributed by atoms with van der Waals surface area (Å²) < 4.78 is 11.1. The van der Waals surface area contributed by atoms with Crippen LogP contribution in [0, 0.1) is 0 Å². The van der Waals surface area contributed by atoms with Crippen molar-refractivity contribution in [2.75, 3.05) is 13.2 Å². The smallest absolute Gasteiger partial charge is 0.303 e. The van der Waals surface area contributed by atoms with Crippen LogP contribution in [0.4, 0.5) is 0 Å². The summed E-state index contributed by atoms with van der Waals surface area (Å²) in [5, 5.41) is 40.5. The number of hydrogen-bond donors (Lipinski definition) is 4. The maximum Gasteiger partial charge on any atom is 0.303 e. The monoisotopic (exact) mass is 414 g/mol. The fraction of sp³-hybridized carbons (Fsp3) is 0.273. The Hall–Kier alpha value is -3.68. The van der Waals surface area contributed by atoms with E-state index in [0.717, 1.165) is 0 Å². The van der Waals surface area contributed by atoms with Crippen molar-refractivity contribution in [2.24, 2.45) is 0 Å². The van der Waals surface area contributed by atoms with Crippen LogP contribution < -0.4 is 9.47 Å². The highest BCUT2D eigenvalue weighted by atomic mass is 16.5. The van der Waals surface area contributed by atoms with Gasteiger partial charge in [-0.1, -0.05) is 0 Å². The number of ether oxygens (including phenoxy) is 2. The quantitative estimate of drug-likeness (QED) is 0.223. The summed E-state index contributed by atoms with van der Waals surface area (Å²) in [6.45, 7) is 0.446. The lowest BCUT2D eigenvalue weighted by Crippen LogP contribution is -2.02. The summed E-state index contributed by atoms with van der Waals surface area (Å²) in [6, 6.07) is 9.72. The molecular formula is C22H22O8. The van der Waals surface area contributed by atoms with Crippen LogP contribution >= 0.6 is 0 Å². The number of phenols is 2. The first-order valence-corrected chi connectivity index (χ1v) is 9.47. The highest BCUT2D eigenvalue weighted by Crippen LogP contribution is 2.43. The number of aliphatic carboxylic acids is 2. The molecule has 0 unspecified atom stereocenters. The average molecular weight is 414 g/mol. The molecule has 4 N–H and O–H groups in total. The molecule has 158 valence electrons. The maximum atomic E-state index is 10.7. The Morgan fingerprint density at radius 2 is 1.07 bits per heavy atom. The summed E-state index contributed by atoms with van der Waals surface area (Å²) >= 11 is 0. The maximum absolute atomic E-state index is 10.7. The van der Waals surface area contributed by atoms with Gasteiger partial charge in [-0.15, -0.1) is 0 Å². The number of rotatable bonds is 10. The van der Waals surface area contributed by atoms with Gasteiger partial charge >= 0.3 is 11.9 Å². The third-order valence-corrected chi connectivity index (χ3v) is 4.61. The predicted molar refractivity (Wildman–Crippen MR) is 110 cm³/mol. The van der Waals surface area contributed by atoms with Crippen molar-refractivity contribution in [3.63, 3.8) is 0 Å². The number of carbonyl (C=O) groups is 2. The molecule has 0 radical (unpaired) electrons. The lowest BCUT2D eigenvalue weighted by Gasteiger charge is -2.13. The van der Waals surface area contributed by atoms with Crippen molar-refractivity contribution in [3.05, 3.63) is 36.4 Å². The summed E-state index contributed by atoms with van der Waals surface area (Å²) in [5.41, 5.74) is 0. The van der Waals surface area contributed by atoms with Crippen molar-refractivity contribution >= 4 is 33.5 Å². The Labute approximate surface area is 171 Å². The highest BCUT2D eigenvalue weighted by molar-refractivity contribution is 6.11. The van der Waals surface area contributed by atoms with Gasteiger partial charge < -0.3 is 29.9 Å². The number of phenolic OH excluding ortho intramolecular Hbond substituents is 2. The van der Waals surface area contributed by atoms with Crippen LogP contribution in [0.1, 0.15) is 25.7 Å². The Morgan fingerprint density at radius 1 is 0.667 bits per heavy atom. The molecule has 3 aromatic carbocycles. The van der Waals surface area contributed by atoms with E-state index in [2.05, 4.69) is 0 Å². The molecule has 0 bridgehead atoms.